The molecule has 1 unspecified atom stereocenters. The zero-order valence-corrected chi connectivity index (χ0v) is 18.5. The number of aliphatic hydroxyl groups excluding tert-OH is 1. The molecule has 33 heavy (non-hydrogen) atoms. The Morgan fingerprint density at radius 3 is 2.30 bits per heavy atom. The van der Waals surface area contributed by atoms with Crippen LogP contribution in [0.25, 0.3) is 5.76 Å². The second kappa shape index (κ2) is 8.96. The molecule has 4 rings (SSSR count). The molecule has 1 fully saturated rings. The van der Waals surface area contributed by atoms with E-state index in [0.29, 0.717) is 17.2 Å². The van der Waals surface area contributed by atoms with Gasteiger partial charge in [0, 0.05) is 16.8 Å². The summed E-state index contributed by atoms with van der Waals surface area (Å²) in [4.78, 5) is 27.4. The maximum atomic E-state index is 14.9. The summed E-state index contributed by atoms with van der Waals surface area (Å²) in [7, 11) is 2.94. The van der Waals surface area contributed by atoms with Gasteiger partial charge in [-0.05, 0) is 48.5 Å². The molecule has 0 radical (unpaired) electrons. The fraction of sp³-hybridized carbons (Fsp3) is 0.120. The Balaban J connectivity index is 1.94. The van der Waals surface area contributed by atoms with E-state index < -0.39 is 29.3 Å². The molecule has 1 aliphatic heterocycles. The van der Waals surface area contributed by atoms with Gasteiger partial charge in [0.15, 0.2) is 0 Å². The summed E-state index contributed by atoms with van der Waals surface area (Å²) in [5, 5.41) is 11.3. The second-order valence-corrected chi connectivity index (χ2v) is 7.65. The summed E-state index contributed by atoms with van der Waals surface area (Å²) >= 11 is 6.18. The summed E-state index contributed by atoms with van der Waals surface area (Å²) in [6.07, 6.45) is 0. The number of anilines is 1. The molecule has 6 nitrogen and oxygen atoms in total. The summed E-state index contributed by atoms with van der Waals surface area (Å²) in [5.41, 5.74) is 0.351. The van der Waals surface area contributed by atoms with E-state index in [1.54, 1.807) is 30.3 Å². The lowest BCUT2D eigenvalue weighted by atomic mass is 9.94. The lowest BCUT2D eigenvalue weighted by Gasteiger charge is -2.26. The third kappa shape index (κ3) is 3.91. The fourth-order valence-corrected chi connectivity index (χ4v) is 4.06. The minimum Gasteiger partial charge on any atom is -0.507 e. The van der Waals surface area contributed by atoms with Crippen LogP contribution >= 0.6 is 11.6 Å². The number of ether oxygens (including phenoxy) is 2. The number of carbonyl (C=O) groups is 2. The molecule has 168 valence electrons. The number of benzene rings is 3. The number of ketones is 1. The lowest BCUT2D eigenvalue weighted by Crippen LogP contribution is -2.29. The zero-order valence-electron chi connectivity index (χ0n) is 17.7. The standard InChI is InChI=1S/C25H19ClFNO5/c1-32-16-10-8-15(9-11-16)28-22(17-5-3-4-6-19(17)27)21(24(30)25(28)31)23(29)14-7-12-20(33-2)18(26)13-14/h3-13,22,29H,1-2H3/b23-21+. The van der Waals surface area contributed by atoms with E-state index >= 15 is 0 Å². The van der Waals surface area contributed by atoms with E-state index in [4.69, 9.17) is 21.1 Å². The van der Waals surface area contributed by atoms with Crippen molar-refractivity contribution >= 4 is 34.7 Å². The van der Waals surface area contributed by atoms with Crippen LogP contribution in [-0.4, -0.2) is 31.0 Å². The topological polar surface area (TPSA) is 76.1 Å². The van der Waals surface area contributed by atoms with Crippen molar-refractivity contribution in [1.29, 1.82) is 0 Å². The first-order valence-electron chi connectivity index (χ1n) is 9.90. The van der Waals surface area contributed by atoms with Crippen molar-refractivity contribution < 1.29 is 28.6 Å². The molecular formula is C25H19ClFNO5. The van der Waals surface area contributed by atoms with E-state index in [1.807, 2.05) is 0 Å². The molecule has 1 aliphatic rings. The maximum Gasteiger partial charge on any atom is 0.300 e. The minimum absolute atomic E-state index is 0.0636. The third-order valence-electron chi connectivity index (χ3n) is 5.42. The predicted molar refractivity (Wildman–Crippen MR) is 122 cm³/mol. The average Bonchev–Trinajstić information content (AvgIpc) is 3.09. The van der Waals surface area contributed by atoms with Gasteiger partial charge in [-0.1, -0.05) is 29.8 Å². The van der Waals surface area contributed by atoms with Gasteiger partial charge >= 0.3 is 0 Å². The number of aliphatic hydroxyl groups is 1. The molecule has 0 saturated carbocycles. The van der Waals surface area contributed by atoms with Crippen LogP contribution in [0.5, 0.6) is 11.5 Å². The van der Waals surface area contributed by atoms with E-state index in [1.165, 1.54) is 50.6 Å². The van der Waals surface area contributed by atoms with E-state index in [-0.39, 0.29) is 21.7 Å². The highest BCUT2D eigenvalue weighted by Gasteiger charge is 2.47. The van der Waals surface area contributed by atoms with Gasteiger partial charge in [0.05, 0.1) is 30.9 Å². The summed E-state index contributed by atoms with van der Waals surface area (Å²) in [5.74, 6) is -2.01. The summed E-state index contributed by atoms with van der Waals surface area (Å²) < 4.78 is 25.2. The van der Waals surface area contributed by atoms with E-state index in [9.17, 15) is 19.1 Å². The molecule has 1 heterocycles. The number of Topliss-reactive ketones (excluding diaryl/α,β-unsaturated/α-hetero) is 1. The van der Waals surface area contributed by atoms with Gasteiger partial charge in [-0.3, -0.25) is 14.5 Å². The molecule has 0 spiro atoms. The van der Waals surface area contributed by atoms with Crippen molar-refractivity contribution in [2.45, 2.75) is 6.04 Å². The summed E-state index contributed by atoms with van der Waals surface area (Å²) in [6.45, 7) is 0. The SMILES string of the molecule is COc1ccc(N2C(=O)C(=O)/C(=C(/O)c3ccc(OC)c(Cl)c3)C2c2ccccc2F)cc1. The number of methoxy groups -OCH3 is 2. The van der Waals surface area contributed by atoms with Crippen LogP contribution in [-0.2, 0) is 9.59 Å². The van der Waals surface area contributed by atoms with Crippen LogP contribution in [0.3, 0.4) is 0 Å². The zero-order chi connectivity index (χ0) is 23.7. The quantitative estimate of drug-likeness (QED) is 0.320. The van der Waals surface area contributed by atoms with Crippen LogP contribution in [0.1, 0.15) is 17.2 Å². The van der Waals surface area contributed by atoms with Gasteiger partial charge in [0.1, 0.15) is 23.1 Å². The van der Waals surface area contributed by atoms with Crippen LogP contribution in [0.2, 0.25) is 5.02 Å². The Hall–Kier alpha value is -3.84. The molecule has 0 bridgehead atoms. The minimum atomic E-state index is -1.19. The largest absolute Gasteiger partial charge is 0.507 e. The smallest absolute Gasteiger partial charge is 0.300 e. The number of rotatable bonds is 5. The number of nitrogens with zero attached hydrogens (tertiary/aromatic N) is 1. The Kier molecular flexibility index (Phi) is 6.07. The van der Waals surface area contributed by atoms with E-state index in [0.717, 1.165) is 4.90 Å². The third-order valence-corrected chi connectivity index (χ3v) is 5.72. The van der Waals surface area contributed by atoms with Crippen LogP contribution in [0.15, 0.2) is 72.3 Å². The van der Waals surface area contributed by atoms with E-state index in [2.05, 4.69) is 0 Å². The number of amides is 1. The Bertz CT molecular complexity index is 1270. The van der Waals surface area contributed by atoms with Gasteiger partial charge in [-0.15, -0.1) is 0 Å². The van der Waals surface area contributed by atoms with Crippen molar-refractivity contribution in [3.63, 3.8) is 0 Å². The predicted octanol–water partition coefficient (Wildman–Crippen LogP) is 5.12. The molecule has 8 heteroatoms. The normalized spacial score (nSPS) is 17.3. The molecule has 1 amide bonds. The van der Waals surface area contributed by atoms with Crippen molar-refractivity contribution in [1.82, 2.24) is 0 Å². The Morgan fingerprint density at radius 1 is 1.00 bits per heavy atom. The molecule has 1 atom stereocenters. The highest BCUT2D eigenvalue weighted by molar-refractivity contribution is 6.51. The van der Waals surface area contributed by atoms with Crippen LogP contribution in [0, 0.1) is 5.82 Å². The molecule has 1 saturated heterocycles. The number of hydrogen-bond donors (Lipinski definition) is 1. The molecule has 1 N–H and O–H groups in total. The average molecular weight is 468 g/mol. The fourth-order valence-electron chi connectivity index (χ4n) is 3.80. The first kappa shape index (κ1) is 22.4. The monoisotopic (exact) mass is 467 g/mol. The van der Waals surface area contributed by atoms with Crippen molar-refractivity contribution in [2.75, 3.05) is 19.1 Å². The van der Waals surface area contributed by atoms with Gasteiger partial charge in [0.25, 0.3) is 11.7 Å². The molecule has 3 aromatic rings. The van der Waals surface area contributed by atoms with Gasteiger partial charge in [-0.2, -0.15) is 0 Å². The molecule has 0 aliphatic carbocycles. The van der Waals surface area contributed by atoms with Crippen molar-refractivity contribution in [3.05, 3.63) is 94.3 Å². The van der Waals surface area contributed by atoms with Crippen molar-refractivity contribution in [3.8, 4) is 11.5 Å². The number of halogens is 2. The van der Waals surface area contributed by atoms with Gasteiger partial charge < -0.3 is 14.6 Å². The first-order chi connectivity index (χ1) is 15.9. The Labute approximate surface area is 194 Å². The molecular weight excluding hydrogens is 449 g/mol. The molecule has 3 aromatic carbocycles. The number of hydrogen-bond acceptors (Lipinski definition) is 5. The second-order valence-electron chi connectivity index (χ2n) is 7.24. The van der Waals surface area contributed by atoms with Crippen LogP contribution < -0.4 is 14.4 Å². The van der Waals surface area contributed by atoms with Gasteiger partial charge in [-0.25, -0.2) is 4.39 Å². The van der Waals surface area contributed by atoms with Gasteiger partial charge in [0.2, 0.25) is 0 Å². The molecule has 0 aromatic heterocycles. The van der Waals surface area contributed by atoms with Crippen LogP contribution in [0.4, 0.5) is 10.1 Å². The lowest BCUT2D eigenvalue weighted by molar-refractivity contribution is -0.132. The highest BCUT2D eigenvalue weighted by atomic mass is 35.5. The maximum absolute atomic E-state index is 14.9. The summed E-state index contributed by atoms with van der Waals surface area (Å²) in [6, 6.07) is 15.4. The van der Waals surface area contributed by atoms with Crippen molar-refractivity contribution in [2.24, 2.45) is 0 Å². The number of carbonyl (C=O) groups excluding carboxylic acids is 2. The highest BCUT2D eigenvalue weighted by Crippen LogP contribution is 2.43. The Morgan fingerprint density at radius 2 is 1.70 bits per heavy atom. The first-order valence-corrected chi connectivity index (χ1v) is 10.3.